The van der Waals surface area contributed by atoms with Crippen molar-refractivity contribution in [2.75, 3.05) is 13.6 Å². The highest BCUT2D eigenvalue weighted by Gasteiger charge is 2.14. The van der Waals surface area contributed by atoms with Crippen molar-refractivity contribution in [2.24, 2.45) is 11.8 Å². The minimum atomic E-state index is 0.116. The number of nitriles is 1. The molecule has 1 atom stereocenters. The quantitative estimate of drug-likeness (QED) is 0.776. The Hall–Kier alpha value is -1.33. The molecule has 0 aliphatic heterocycles. The van der Waals surface area contributed by atoms with Crippen LogP contribution >= 0.6 is 0 Å². The molecule has 1 unspecified atom stereocenters. The molecule has 0 bridgehead atoms. The van der Waals surface area contributed by atoms with Gasteiger partial charge in [0.2, 0.25) is 0 Å². The molecule has 0 radical (unpaired) electrons. The average molecular weight is 230 g/mol. The van der Waals surface area contributed by atoms with Gasteiger partial charge in [-0.3, -0.25) is 0 Å². The summed E-state index contributed by atoms with van der Waals surface area (Å²) in [5, 5.41) is 9.07. The van der Waals surface area contributed by atoms with Crippen molar-refractivity contribution >= 4 is 0 Å². The van der Waals surface area contributed by atoms with E-state index in [-0.39, 0.29) is 5.92 Å². The fourth-order valence-electron chi connectivity index (χ4n) is 1.81. The minimum absolute atomic E-state index is 0.116. The lowest BCUT2D eigenvalue weighted by molar-refractivity contribution is 0.265. The van der Waals surface area contributed by atoms with Gasteiger partial charge in [-0.15, -0.1) is 0 Å². The highest BCUT2D eigenvalue weighted by atomic mass is 15.1. The molecule has 1 rings (SSSR count). The van der Waals surface area contributed by atoms with Crippen LogP contribution < -0.4 is 0 Å². The second-order valence-electron chi connectivity index (χ2n) is 5.16. The summed E-state index contributed by atoms with van der Waals surface area (Å²) in [5.74, 6) is 0.533. The van der Waals surface area contributed by atoms with Crippen LogP contribution in [0.15, 0.2) is 24.3 Å². The van der Waals surface area contributed by atoms with Crippen LogP contribution in [-0.4, -0.2) is 18.5 Å². The van der Waals surface area contributed by atoms with Gasteiger partial charge in [-0.1, -0.05) is 43.7 Å². The molecule has 17 heavy (non-hydrogen) atoms. The van der Waals surface area contributed by atoms with E-state index in [1.807, 2.05) is 0 Å². The number of hydrogen-bond acceptors (Lipinski definition) is 2. The second-order valence-corrected chi connectivity index (χ2v) is 5.16. The molecular weight excluding hydrogens is 208 g/mol. The summed E-state index contributed by atoms with van der Waals surface area (Å²) >= 11 is 0. The monoisotopic (exact) mass is 230 g/mol. The fraction of sp³-hybridized carbons (Fsp3) is 0.533. The Morgan fingerprint density at radius 1 is 1.24 bits per heavy atom. The van der Waals surface area contributed by atoms with Crippen LogP contribution in [-0.2, 0) is 6.54 Å². The molecule has 0 saturated carbocycles. The summed E-state index contributed by atoms with van der Waals surface area (Å²) in [6.07, 6.45) is 0. The van der Waals surface area contributed by atoms with Crippen LogP contribution in [0, 0.1) is 30.1 Å². The first-order chi connectivity index (χ1) is 8.02. The number of hydrogen-bond donors (Lipinski definition) is 0. The summed E-state index contributed by atoms with van der Waals surface area (Å²) < 4.78 is 0. The predicted octanol–water partition coefficient (Wildman–Crippen LogP) is 3.22. The van der Waals surface area contributed by atoms with Crippen LogP contribution in [0.4, 0.5) is 0 Å². The Bertz CT molecular complexity index is 373. The zero-order chi connectivity index (χ0) is 12.8. The van der Waals surface area contributed by atoms with Crippen molar-refractivity contribution in [2.45, 2.75) is 27.3 Å². The Morgan fingerprint density at radius 2 is 1.82 bits per heavy atom. The fourth-order valence-corrected chi connectivity index (χ4v) is 1.81. The number of benzene rings is 1. The van der Waals surface area contributed by atoms with Gasteiger partial charge in [-0.25, -0.2) is 0 Å². The number of aryl methyl sites for hydroxylation is 1. The van der Waals surface area contributed by atoms with Crippen LogP contribution in [0.5, 0.6) is 0 Å². The maximum Gasteiger partial charge on any atom is 0.0672 e. The van der Waals surface area contributed by atoms with E-state index in [1.165, 1.54) is 11.1 Å². The summed E-state index contributed by atoms with van der Waals surface area (Å²) in [6, 6.07) is 11.0. The van der Waals surface area contributed by atoms with Crippen molar-refractivity contribution in [1.29, 1.82) is 5.26 Å². The van der Waals surface area contributed by atoms with E-state index >= 15 is 0 Å². The van der Waals surface area contributed by atoms with Gasteiger partial charge in [-0.2, -0.15) is 5.26 Å². The van der Waals surface area contributed by atoms with E-state index in [1.54, 1.807) is 0 Å². The predicted molar refractivity (Wildman–Crippen MR) is 71.5 cm³/mol. The molecule has 0 N–H and O–H groups in total. The molecule has 0 aromatic heterocycles. The Kier molecular flexibility index (Phi) is 5.18. The van der Waals surface area contributed by atoms with Crippen molar-refractivity contribution < 1.29 is 0 Å². The van der Waals surface area contributed by atoms with Gasteiger partial charge < -0.3 is 4.90 Å². The highest BCUT2D eigenvalue weighted by Crippen LogP contribution is 2.13. The van der Waals surface area contributed by atoms with Gasteiger partial charge >= 0.3 is 0 Å². The third-order valence-corrected chi connectivity index (χ3v) is 3.05. The van der Waals surface area contributed by atoms with Crippen molar-refractivity contribution in [1.82, 2.24) is 4.90 Å². The standard InChI is InChI=1S/C15H22N2/c1-12(2)15(9-16)11-17(4)10-14-7-5-13(3)6-8-14/h5-8,12,15H,10-11H2,1-4H3. The zero-order valence-corrected chi connectivity index (χ0v) is 11.3. The molecule has 0 spiro atoms. The molecule has 0 saturated heterocycles. The first-order valence-electron chi connectivity index (χ1n) is 6.16. The molecule has 2 heteroatoms. The minimum Gasteiger partial charge on any atom is -0.301 e. The van der Waals surface area contributed by atoms with E-state index < -0.39 is 0 Å². The average Bonchev–Trinajstić information content (AvgIpc) is 2.28. The van der Waals surface area contributed by atoms with Crippen LogP contribution in [0.2, 0.25) is 0 Å². The molecule has 0 amide bonds. The first kappa shape index (κ1) is 13.7. The van der Waals surface area contributed by atoms with E-state index in [4.69, 9.17) is 5.26 Å². The first-order valence-corrected chi connectivity index (χ1v) is 6.16. The lowest BCUT2D eigenvalue weighted by Crippen LogP contribution is -2.27. The topological polar surface area (TPSA) is 27.0 Å². The van der Waals surface area contributed by atoms with Gasteiger partial charge in [0, 0.05) is 13.1 Å². The SMILES string of the molecule is Cc1ccc(CN(C)CC(C#N)C(C)C)cc1. The summed E-state index contributed by atoms with van der Waals surface area (Å²) in [7, 11) is 2.08. The van der Waals surface area contributed by atoms with Crippen molar-refractivity contribution in [3.05, 3.63) is 35.4 Å². The van der Waals surface area contributed by atoms with E-state index in [9.17, 15) is 0 Å². The van der Waals surface area contributed by atoms with Gasteiger partial charge in [-0.05, 0) is 25.5 Å². The zero-order valence-electron chi connectivity index (χ0n) is 11.3. The summed E-state index contributed by atoms with van der Waals surface area (Å²) in [5.41, 5.74) is 2.59. The van der Waals surface area contributed by atoms with Gasteiger partial charge in [0.15, 0.2) is 0 Å². The molecule has 92 valence electrons. The van der Waals surface area contributed by atoms with E-state index in [0.717, 1.165) is 13.1 Å². The molecule has 0 aliphatic rings. The molecular formula is C15H22N2. The third-order valence-electron chi connectivity index (χ3n) is 3.05. The highest BCUT2D eigenvalue weighted by molar-refractivity contribution is 5.21. The lowest BCUT2D eigenvalue weighted by Gasteiger charge is -2.22. The Balaban J connectivity index is 2.52. The van der Waals surface area contributed by atoms with Crippen LogP contribution in [0.3, 0.4) is 0 Å². The second kappa shape index (κ2) is 6.42. The Morgan fingerprint density at radius 3 is 2.29 bits per heavy atom. The molecule has 0 aliphatic carbocycles. The van der Waals surface area contributed by atoms with Crippen molar-refractivity contribution in [3.8, 4) is 6.07 Å². The number of nitrogens with zero attached hydrogens (tertiary/aromatic N) is 2. The lowest BCUT2D eigenvalue weighted by atomic mass is 9.97. The largest absolute Gasteiger partial charge is 0.301 e. The maximum atomic E-state index is 9.07. The molecule has 0 heterocycles. The molecule has 1 aromatic carbocycles. The van der Waals surface area contributed by atoms with Gasteiger partial charge in [0.1, 0.15) is 0 Å². The summed E-state index contributed by atoms with van der Waals surface area (Å²) in [4.78, 5) is 2.22. The molecule has 1 aromatic rings. The summed E-state index contributed by atoms with van der Waals surface area (Å²) in [6.45, 7) is 8.05. The van der Waals surface area contributed by atoms with Crippen LogP contribution in [0.25, 0.3) is 0 Å². The van der Waals surface area contributed by atoms with E-state index in [2.05, 4.69) is 63.1 Å². The number of rotatable bonds is 5. The third kappa shape index (κ3) is 4.58. The van der Waals surface area contributed by atoms with Crippen LogP contribution in [0.1, 0.15) is 25.0 Å². The van der Waals surface area contributed by atoms with Gasteiger partial charge in [0.25, 0.3) is 0 Å². The van der Waals surface area contributed by atoms with Crippen molar-refractivity contribution in [3.63, 3.8) is 0 Å². The normalized spacial score (nSPS) is 12.8. The Labute approximate surface area is 105 Å². The van der Waals surface area contributed by atoms with Gasteiger partial charge in [0.05, 0.1) is 12.0 Å². The van der Waals surface area contributed by atoms with E-state index in [0.29, 0.717) is 5.92 Å². The smallest absolute Gasteiger partial charge is 0.0672 e. The molecule has 2 nitrogen and oxygen atoms in total. The molecule has 0 fully saturated rings. The maximum absolute atomic E-state index is 9.07.